The fourth-order valence-corrected chi connectivity index (χ4v) is 4.05. The van der Waals surface area contributed by atoms with Crippen LogP contribution in [-0.4, -0.2) is 29.4 Å². The molecule has 0 saturated heterocycles. The number of nitrogens with zero attached hydrogens (tertiary/aromatic N) is 1. The number of nitrogens with two attached hydrogens (primary N) is 1. The fourth-order valence-electron chi connectivity index (χ4n) is 4.05. The van der Waals surface area contributed by atoms with E-state index < -0.39 is 0 Å². The molecule has 3 fully saturated rings. The molecule has 0 spiro atoms. The van der Waals surface area contributed by atoms with E-state index in [1.807, 2.05) is 0 Å². The minimum atomic E-state index is 0.277. The average molecular weight is 278 g/mol. The summed E-state index contributed by atoms with van der Waals surface area (Å²) >= 11 is 0. The molecule has 3 nitrogen and oxygen atoms in total. The molecule has 0 aromatic rings. The van der Waals surface area contributed by atoms with Crippen LogP contribution >= 0.6 is 0 Å². The van der Waals surface area contributed by atoms with Gasteiger partial charge in [0, 0.05) is 24.5 Å². The first-order valence-corrected chi connectivity index (χ1v) is 8.80. The molecule has 2 N–H and O–H groups in total. The molecule has 3 heteroatoms. The van der Waals surface area contributed by atoms with Crippen LogP contribution < -0.4 is 5.73 Å². The highest BCUT2D eigenvalue weighted by Gasteiger charge is 2.37. The van der Waals surface area contributed by atoms with Crippen molar-refractivity contribution in [3.8, 4) is 0 Å². The van der Waals surface area contributed by atoms with Gasteiger partial charge in [-0.1, -0.05) is 19.3 Å². The van der Waals surface area contributed by atoms with Crippen LogP contribution in [0.25, 0.3) is 0 Å². The summed E-state index contributed by atoms with van der Waals surface area (Å²) in [7, 11) is 0. The third-order valence-electron chi connectivity index (χ3n) is 5.57. The summed E-state index contributed by atoms with van der Waals surface area (Å²) in [6, 6.07) is 0.923. The number of carbonyl (C=O) groups excluding carboxylic acids is 1. The Morgan fingerprint density at radius 3 is 2.15 bits per heavy atom. The monoisotopic (exact) mass is 278 g/mol. The predicted molar refractivity (Wildman–Crippen MR) is 81.2 cm³/mol. The van der Waals surface area contributed by atoms with Crippen LogP contribution in [0.3, 0.4) is 0 Å². The quantitative estimate of drug-likeness (QED) is 0.859. The fraction of sp³-hybridized carbons (Fsp3) is 0.941. The number of amides is 1. The Kier molecular flexibility index (Phi) is 4.65. The van der Waals surface area contributed by atoms with E-state index in [1.165, 1.54) is 44.9 Å². The minimum Gasteiger partial charge on any atom is -0.339 e. The van der Waals surface area contributed by atoms with E-state index in [0.717, 1.165) is 38.1 Å². The van der Waals surface area contributed by atoms with Gasteiger partial charge < -0.3 is 10.6 Å². The van der Waals surface area contributed by atoms with E-state index in [9.17, 15) is 4.79 Å². The van der Waals surface area contributed by atoms with Gasteiger partial charge in [-0.3, -0.25) is 4.79 Å². The van der Waals surface area contributed by atoms with Gasteiger partial charge in [-0.05, 0) is 57.3 Å². The average Bonchev–Trinajstić information content (AvgIpc) is 3.30. The summed E-state index contributed by atoms with van der Waals surface area (Å²) in [5, 5.41) is 0. The zero-order chi connectivity index (χ0) is 13.9. The van der Waals surface area contributed by atoms with Gasteiger partial charge in [0.15, 0.2) is 0 Å². The van der Waals surface area contributed by atoms with Crippen LogP contribution in [0.15, 0.2) is 0 Å². The summed E-state index contributed by atoms with van der Waals surface area (Å²) in [5.74, 6) is 1.52. The first-order chi connectivity index (χ1) is 9.74. The number of hydrogen-bond acceptors (Lipinski definition) is 2. The maximum Gasteiger partial charge on any atom is 0.225 e. The summed E-state index contributed by atoms with van der Waals surface area (Å²) in [5.41, 5.74) is 5.97. The maximum absolute atomic E-state index is 12.8. The van der Waals surface area contributed by atoms with E-state index in [0.29, 0.717) is 18.0 Å². The van der Waals surface area contributed by atoms with Gasteiger partial charge in [-0.25, -0.2) is 0 Å². The van der Waals surface area contributed by atoms with Crippen molar-refractivity contribution in [3.63, 3.8) is 0 Å². The summed E-state index contributed by atoms with van der Waals surface area (Å²) < 4.78 is 0. The van der Waals surface area contributed by atoms with Crippen molar-refractivity contribution in [1.29, 1.82) is 0 Å². The molecule has 3 aliphatic carbocycles. The molecular weight excluding hydrogens is 248 g/mol. The second kappa shape index (κ2) is 6.46. The van der Waals surface area contributed by atoms with Crippen LogP contribution in [-0.2, 0) is 4.79 Å². The number of hydrogen-bond donors (Lipinski definition) is 1. The molecule has 20 heavy (non-hydrogen) atoms. The Balaban J connectivity index is 1.56. The van der Waals surface area contributed by atoms with Gasteiger partial charge in [-0.2, -0.15) is 0 Å². The Labute approximate surface area is 123 Å². The Morgan fingerprint density at radius 1 is 0.900 bits per heavy atom. The van der Waals surface area contributed by atoms with E-state index in [4.69, 9.17) is 5.73 Å². The summed E-state index contributed by atoms with van der Waals surface area (Å²) in [6.07, 6.45) is 13.4. The Morgan fingerprint density at radius 2 is 1.55 bits per heavy atom. The first kappa shape index (κ1) is 14.4. The van der Waals surface area contributed by atoms with Crippen LogP contribution in [0.2, 0.25) is 0 Å². The molecule has 0 bridgehead atoms. The molecule has 0 unspecified atom stereocenters. The summed E-state index contributed by atoms with van der Waals surface area (Å²) in [4.78, 5) is 15.1. The molecule has 3 saturated carbocycles. The normalized spacial score (nSPS) is 32.0. The van der Waals surface area contributed by atoms with Gasteiger partial charge in [0.1, 0.15) is 0 Å². The smallest absolute Gasteiger partial charge is 0.225 e. The molecule has 1 amide bonds. The van der Waals surface area contributed by atoms with Crippen molar-refractivity contribution in [3.05, 3.63) is 0 Å². The lowest BCUT2D eigenvalue weighted by atomic mass is 9.84. The first-order valence-electron chi connectivity index (χ1n) is 8.80. The Hall–Kier alpha value is -0.570. The van der Waals surface area contributed by atoms with Crippen LogP contribution in [0.1, 0.15) is 70.6 Å². The second-order valence-electron chi connectivity index (χ2n) is 7.34. The zero-order valence-electron chi connectivity index (χ0n) is 12.7. The van der Waals surface area contributed by atoms with E-state index in [2.05, 4.69) is 4.90 Å². The van der Waals surface area contributed by atoms with Gasteiger partial charge in [0.2, 0.25) is 5.91 Å². The standard InChI is InChI=1S/C17H30N2O/c18-15-8-6-14(7-9-15)17(20)19(16-10-11-16)12-13-4-2-1-3-5-13/h13-16H,1-12,18H2. The van der Waals surface area contributed by atoms with Gasteiger partial charge >= 0.3 is 0 Å². The molecule has 114 valence electrons. The SMILES string of the molecule is NC1CCC(C(=O)N(CC2CCCCC2)C2CC2)CC1. The van der Waals surface area contributed by atoms with E-state index >= 15 is 0 Å². The van der Waals surface area contributed by atoms with Gasteiger partial charge in [0.05, 0.1) is 0 Å². The molecule has 0 aliphatic heterocycles. The lowest BCUT2D eigenvalue weighted by molar-refractivity contribution is -0.138. The van der Waals surface area contributed by atoms with Crippen molar-refractivity contribution >= 4 is 5.91 Å². The van der Waals surface area contributed by atoms with Crippen LogP contribution in [0.5, 0.6) is 0 Å². The predicted octanol–water partition coefficient (Wildman–Crippen LogP) is 3.08. The maximum atomic E-state index is 12.8. The van der Waals surface area contributed by atoms with Crippen molar-refractivity contribution in [2.45, 2.75) is 82.7 Å². The second-order valence-corrected chi connectivity index (χ2v) is 7.34. The molecular formula is C17H30N2O. The Bertz CT molecular complexity index is 326. The van der Waals surface area contributed by atoms with Crippen LogP contribution in [0.4, 0.5) is 0 Å². The van der Waals surface area contributed by atoms with Crippen molar-refractivity contribution in [2.24, 2.45) is 17.6 Å². The molecule has 0 radical (unpaired) electrons. The third kappa shape index (κ3) is 3.55. The zero-order valence-corrected chi connectivity index (χ0v) is 12.7. The lowest BCUT2D eigenvalue weighted by Gasteiger charge is -2.34. The number of rotatable bonds is 4. The van der Waals surface area contributed by atoms with Crippen molar-refractivity contribution < 1.29 is 4.79 Å². The molecule has 0 aromatic heterocycles. The highest BCUT2D eigenvalue weighted by atomic mass is 16.2. The molecule has 3 rings (SSSR count). The van der Waals surface area contributed by atoms with Crippen molar-refractivity contribution in [2.75, 3.05) is 6.54 Å². The molecule has 3 aliphatic rings. The number of carbonyl (C=O) groups is 1. The lowest BCUT2D eigenvalue weighted by Crippen LogP contribution is -2.43. The molecule has 0 heterocycles. The van der Waals surface area contributed by atoms with Crippen molar-refractivity contribution in [1.82, 2.24) is 4.90 Å². The highest BCUT2D eigenvalue weighted by Crippen LogP contribution is 2.34. The molecule has 0 atom stereocenters. The highest BCUT2D eigenvalue weighted by molar-refractivity contribution is 5.79. The van der Waals surface area contributed by atoms with E-state index in [-0.39, 0.29) is 5.92 Å². The van der Waals surface area contributed by atoms with E-state index in [1.54, 1.807) is 0 Å². The minimum absolute atomic E-state index is 0.277. The largest absolute Gasteiger partial charge is 0.339 e. The topological polar surface area (TPSA) is 46.3 Å². The van der Waals surface area contributed by atoms with Gasteiger partial charge in [0.25, 0.3) is 0 Å². The summed E-state index contributed by atoms with van der Waals surface area (Å²) in [6.45, 7) is 1.05. The van der Waals surface area contributed by atoms with Crippen LogP contribution in [0, 0.1) is 11.8 Å². The molecule has 0 aromatic carbocycles. The van der Waals surface area contributed by atoms with Gasteiger partial charge in [-0.15, -0.1) is 0 Å². The third-order valence-corrected chi connectivity index (χ3v) is 5.57.